The molecule has 0 aliphatic carbocycles. The third kappa shape index (κ3) is 5.45. The Morgan fingerprint density at radius 3 is 2.80 bits per heavy atom. The van der Waals surface area contributed by atoms with Crippen LogP contribution >= 0.6 is 0 Å². The summed E-state index contributed by atoms with van der Waals surface area (Å²) in [6.07, 6.45) is 6.26. The highest BCUT2D eigenvalue weighted by Gasteiger charge is 2.32. The van der Waals surface area contributed by atoms with E-state index in [0.717, 1.165) is 30.6 Å². The van der Waals surface area contributed by atoms with Gasteiger partial charge in [0.2, 0.25) is 5.91 Å². The molecule has 2 aromatic carbocycles. The van der Waals surface area contributed by atoms with Crippen LogP contribution in [0, 0.1) is 11.3 Å². The predicted molar refractivity (Wildman–Crippen MR) is 157 cm³/mol. The summed E-state index contributed by atoms with van der Waals surface area (Å²) in [5, 5.41) is 16.7. The summed E-state index contributed by atoms with van der Waals surface area (Å²) >= 11 is 0. The Bertz CT molecular complexity index is 1630. The van der Waals surface area contributed by atoms with Gasteiger partial charge in [0.1, 0.15) is 6.61 Å². The first-order valence-electron chi connectivity index (χ1n) is 14.1. The second-order valence-corrected chi connectivity index (χ2v) is 10.8. The molecule has 4 aromatic rings. The van der Waals surface area contributed by atoms with E-state index in [1.807, 2.05) is 22.8 Å². The van der Waals surface area contributed by atoms with E-state index < -0.39 is 0 Å². The molecule has 1 amide bonds. The van der Waals surface area contributed by atoms with Gasteiger partial charge in [-0.1, -0.05) is 49.0 Å². The number of benzene rings is 2. The summed E-state index contributed by atoms with van der Waals surface area (Å²) < 4.78 is 8.05. The van der Waals surface area contributed by atoms with Crippen LogP contribution in [0.1, 0.15) is 30.5 Å². The molecule has 10 heteroatoms. The summed E-state index contributed by atoms with van der Waals surface area (Å²) in [6, 6.07) is 17.4. The minimum atomic E-state index is -0.280. The Morgan fingerprint density at radius 2 is 2.02 bits per heavy atom. The highest BCUT2D eigenvalue weighted by Crippen LogP contribution is 2.27. The van der Waals surface area contributed by atoms with Crippen molar-refractivity contribution in [3.05, 3.63) is 72.6 Å². The Kier molecular flexibility index (Phi) is 7.53. The number of nitriles is 1. The number of amides is 1. The average Bonchev–Trinajstić information content (AvgIpc) is 3.60. The number of anilines is 1. The van der Waals surface area contributed by atoms with E-state index in [0.29, 0.717) is 56.2 Å². The predicted octanol–water partition coefficient (Wildman–Crippen LogP) is 3.46. The van der Waals surface area contributed by atoms with Gasteiger partial charge in [-0.3, -0.25) is 4.79 Å². The zero-order valence-electron chi connectivity index (χ0n) is 23.3. The van der Waals surface area contributed by atoms with Gasteiger partial charge in [0.15, 0.2) is 11.5 Å². The van der Waals surface area contributed by atoms with Crippen molar-refractivity contribution < 1.29 is 9.53 Å². The van der Waals surface area contributed by atoms with Crippen LogP contribution in [0.2, 0.25) is 0 Å². The molecule has 2 aromatic heterocycles. The molecular formula is C31H34N8O2. The molecule has 41 heavy (non-hydrogen) atoms. The number of likely N-dealkylation sites (tertiary alicyclic amines) is 1. The summed E-state index contributed by atoms with van der Waals surface area (Å²) in [7, 11) is 2.12. The molecule has 2 fully saturated rings. The van der Waals surface area contributed by atoms with E-state index in [1.165, 1.54) is 16.8 Å². The van der Waals surface area contributed by atoms with Crippen molar-refractivity contribution in [2.45, 2.75) is 37.8 Å². The smallest absolute Gasteiger partial charge is 0.336 e. The summed E-state index contributed by atoms with van der Waals surface area (Å²) in [5.41, 5.74) is 2.72. The van der Waals surface area contributed by atoms with Crippen molar-refractivity contribution in [3.8, 4) is 12.1 Å². The number of ether oxygens (including phenoxy) is 1. The van der Waals surface area contributed by atoms with Gasteiger partial charge in [0, 0.05) is 32.1 Å². The molecule has 10 nitrogen and oxygen atoms in total. The Balaban J connectivity index is 1.35. The van der Waals surface area contributed by atoms with Crippen LogP contribution in [0.15, 0.2) is 61.3 Å². The van der Waals surface area contributed by atoms with Crippen molar-refractivity contribution in [2.24, 2.45) is 0 Å². The number of piperazine rings is 1. The van der Waals surface area contributed by atoms with Crippen LogP contribution in [0.3, 0.4) is 0 Å². The first kappa shape index (κ1) is 26.7. The van der Waals surface area contributed by atoms with Crippen LogP contribution in [-0.4, -0.2) is 87.2 Å². The molecule has 4 heterocycles. The Labute approximate surface area is 239 Å². The lowest BCUT2D eigenvalue weighted by atomic mass is 10.0. The molecule has 0 N–H and O–H groups in total. The number of fused-ring (bicyclic) bond motifs is 2. The SMILES string of the molecule is C=CC(=O)N1CCN(c2nc(OC[C@@H]3CCCN3C)nn3c(Cc4ccc5ccccc5c4)cnc23)C[C@@H]1CC#N. The van der Waals surface area contributed by atoms with Crippen LogP contribution in [0.25, 0.3) is 16.4 Å². The molecule has 210 valence electrons. The number of hydrogen-bond acceptors (Lipinski definition) is 8. The van der Waals surface area contributed by atoms with E-state index in [-0.39, 0.29) is 18.4 Å². The number of hydrogen-bond donors (Lipinski definition) is 0. The van der Waals surface area contributed by atoms with Gasteiger partial charge in [-0.2, -0.15) is 10.2 Å². The number of likely N-dealkylation sites (N-methyl/N-ethyl adjacent to an activating group) is 1. The first-order valence-corrected chi connectivity index (χ1v) is 14.1. The summed E-state index contributed by atoms with van der Waals surface area (Å²) in [5.74, 6) is 0.481. The Morgan fingerprint density at radius 1 is 1.17 bits per heavy atom. The number of nitrogens with zero attached hydrogens (tertiary/aromatic N) is 8. The van der Waals surface area contributed by atoms with Crippen molar-refractivity contribution in [2.75, 3.05) is 44.7 Å². The maximum Gasteiger partial charge on any atom is 0.336 e. The molecular weight excluding hydrogens is 516 g/mol. The van der Waals surface area contributed by atoms with Crippen molar-refractivity contribution >= 4 is 28.1 Å². The fourth-order valence-corrected chi connectivity index (χ4v) is 5.94. The van der Waals surface area contributed by atoms with E-state index in [1.54, 1.807) is 4.90 Å². The standard InChI is InChI=1S/C31H34N8O2/c1-3-28(40)38-16-15-37(20-25(38)12-13-32)30-29-33-19-27(18-22-10-11-23-7-4-5-8-24(23)17-22)39(29)35-31(34-30)41-21-26-9-6-14-36(26)2/h3-5,7-8,10-11,17,19,25-26H,1,6,9,12,14-16,18,20-21H2,2H3/t25-,26-/m0/s1. The van der Waals surface area contributed by atoms with E-state index in [9.17, 15) is 10.1 Å². The van der Waals surface area contributed by atoms with Gasteiger partial charge < -0.3 is 19.4 Å². The van der Waals surface area contributed by atoms with Crippen LogP contribution < -0.4 is 9.64 Å². The third-order valence-electron chi connectivity index (χ3n) is 8.24. The quantitative estimate of drug-likeness (QED) is 0.308. The van der Waals surface area contributed by atoms with Gasteiger partial charge in [-0.15, -0.1) is 5.10 Å². The highest BCUT2D eigenvalue weighted by atomic mass is 16.5. The lowest BCUT2D eigenvalue weighted by Crippen LogP contribution is -2.55. The minimum absolute atomic E-state index is 0.166. The number of carbonyl (C=O) groups is 1. The molecule has 0 radical (unpaired) electrons. The molecule has 2 aliphatic heterocycles. The maximum absolute atomic E-state index is 12.5. The van der Waals surface area contributed by atoms with Crippen LogP contribution in [0.4, 0.5) is 5.82 Å². The van der Waals surface area contributed by atoms with Gasteiger partial charge >= 0.3 is 6.01 Å². The second-order valence-electron chi connectivity index (χ2n) is 10.8. The second kappa shape index (κ2) is 11.6. The molecule has 0 unspecified atom stereocenters. The number of aromatic nitrogens is 4. The molecule has 0 bridgehead atoms. The molecule has 2 aliphatic rings. The van der Waals surface area contributed by atoms with Crippen molar-refractivity contribution in [1.29, 1.82) is 5.26 Å². The molecule has 6 rings (SSSR count). The van der Waals surface area contributed by atoms with Crippen molar-refractivity contribution in [1.82, 2.24) is 29.4 Å². The van der Waals surface area contributed by atoms with Crippen LogP contribution in [0.5, 0.6) is 6.01 Å². The largest absolute Gasteiger partial charge is 0.461 e. The first-order chi connectivity index (χ1) is 20.0. The molecule has 2 atom stereocenters. The Hall–Kier alpha value is -4.49. The fraction of sp³-hybridized carbons (Fsp3) is 0.387. The topological polar surface area (TPSA) is 103 Å². The fourth-order valence-electron chi connectivity index (χ4n) is 5.94. The number of rotatable bonds is 8. The normalized spacial score (nSPS) is 19.5. The lowest BCUT2D eigenvalue weighted by Gasteiger charge is -2.40. The van der Waals surface area contributed by atoms with Gasteiger partial charge in [-0.05, 0) is 48.8 Å². The lowest BCUT2D eigenvalue weighted by molar-refractivity contribution is -0.128. The maximum atomic E-state index is 12.5. The van der Waals surface area contributed by atoms with E-state index in [4.69, 9.17) is 19.8 Å². The number of imidazole rings is 1. The molecule has 2 saturated heterocycles. The van der Waals surface area contributed by atoms with Gasteiger partial charge in [0.05, 0.1) is 30.4 Å². The zero-order valence-corrected chi connectivity index (χ0v) is 23.3. The zero-order chi connectivity index (χ0) is 28.3. The minimum Gasteiger partial charge on any atom is -0.461 e. The molecule has 0 saturated carbocycles. The van der Waals surface area contributed by atoms with E-state index >= 15 is 0 Å². The summed E-state index contributed by atoms with van der Waals surface area (Å²) in [6.45, 7) is 6.66. The highest BCUT2D eigenvalue weighted by molar-refractivity contribution is 5.87. The third-order valence-corrected chi connectivity index (χ3v) is 8.24. The average molecular weight is 551 g/mol. The molecule has 0 spiro atoms. The summed E-state index contributed by atoms with van der Waals surface area (Å²) in [4.78, 5) is 28.2. The van der Waals surface area contributed by atoms with Gasteiger partial charge in [-0.25, -0.2) is 9.50 Å². The number of carbonyl (C=O) groups excluding carboxylic acids is 1. The van der Waals surface area contributed by atoms with Crippen LogP contribution in [-0.2, 0) is 11.2 Å². The van der Waals surface area contributed by atoms with E-state index in [2.05, 4.69) is 59.8 Å². The van der Waals surface area contributed by atoms with Gasteiger partial charge in [0.25, 0.3) is 0 Å². The monoisotopic (exact) mass is 550 g/mol. The van der Waals surface area contributed by atoms with Crippen molar-refractivity contribution in [3.63, 3.8) is 0 Å².